The Morgan fingerprint density at radius 2 is 1.90 bits per heavy atom. The number of fused-ring (bicyclic) bond motifs is 1. The molecule has 0 aliphatic heterocycles. The first-order chi connectivity index (χ1) is 9.97. The van der Waals surface area contributed by atoms with Gasteiger partial charge < -0.3 is 9.88 Å². The normalized spacial score (nSPS) is 11.3. The van der Waals surface area contributed by atoms with Gasteiger partial charge in [0.25, 0.3) is 0 Å². The third-order valence-corrected chi connectivity index (χ3v) is 4.15. The lowest BCUT2D eigenvalue weighted by Crippen LogP contribution is -3.10. The fourth-order valence-corrected chi connectivity index (χ4v) is 2.63. The number of hydrogen-bond donors (Lipinski definition) is 2. The Morgan fingerprint density at radius 3 is 2.48 bits per heavy atom. The van der Waals surface area contributed by atoms with Crippen molar-refractivity contribution in [2.45, 2.75) is 34.2 Å². The number of aromatic nitrogens is 1. The second-order valence-corrected chi connectivity index (χ2v) is 5.51. The van der Waals surface area contributed by atoms with Crippen molar-refractivity contribution in [2.75, 3.05) is 13.1 Å². The van der Waals surface area contributed by atoms with Crippen molar-refractivity contribution in [1.82, 2.24) is 4.98 Å². The molecule has 21 heavy (non-hydrogen) atoms. The molecule has 4 nitrogen and oxygen atoms in total. The van der Waals surface area contributed by atoms with E-state index in [-0.39, 0.29) is 11.2 Å². The fraction of sp³-hybridized carbons (Fsp3) is 0.412. The van der Waals surface area contributed by atoms with E-state index in [0.29, 0.717) is 17.5 Å². The largest absolute Gasteiger partial charge is 0.358 e. The molecule has 0 bridgehead atoms. The quantitative estimate of drug-likeness (QED) is 0.818. The lowest BCUT2D eigenvalue weighted by molar-refractivity contribution is -0.910. The van der Waals surface area contributed by atoms with Crippen LogP contribution in [-0.2, 0) is 6.54 Å². The number of pyridine rings is 1. The SMILES string of the molecule is CC[NH+](CC)Cc1c(C)[nH]c2ccc(C(C)=O)cc2c1=O. The van der Waals surface area contributed by atoms with E-state index in [4.69, 9.17) is 0 Å². The minimum atomic E-state index is -0.0206. The van der Waals surface area contributed by atoms with E-state index in [1.165, 1.54) is 11.8 Å². The Kier molecular flexibility index (Phi) is 4.58. The smallest absolute Gasteiger partial charge is 0.198 e. The highest BCUT2D eigenvalue weighted by atomic mass is 16.1. The molecule has 0 aliphatic rings. The van der Waals surface area contributed by atoms with Gasteiger partial charge >= 0.3 is 0 Å². The second kappa shape index (κ2) is 6.22. The van der Waals surface area contributed by atoms with E-state index in [1.54, 1.807) is 12.1 Å². The van der Waals surface area contributed by atoms with Gasteiger partial charge in [-0.1, -0.05) is 0 Å². The lowest BCUT2D eigenvalue weighted by atomic mass is 10.0. The van der Waals surface area contributed by atoms with Crippen LogP contribution in [-0.4, -0.2) is 23.9 Å². The third kappa shape index (κ3) is 3.05. The topological polar surface area (TPSA) is 54.4 Å². The molecule has 1 aromatic carbocycles. The maximum Gasteiger partial charge on any atom is 0.198 e. The van der Waals surface area contributed by atoms with Crippen LogP contribution in [0.25, 0.3) is 10.9 Å². The molecule has 0 fully saturated rings. The zero-order valence-corrected chi connectivity index (χ0v) is 13.2. The van der Waals surface area contributed by atoms with Crippen molar-refractivity contribution in [3.8, 4) is 0 Å². The van der Waals surface area contributed by atoms with E-state index >= 15 is 0 Å². The van der Waals surface area contributed by atoms with Crippen LogP contribution in [0.3, 0.4) is 0 Å². The summed E-state index contributed by atoms with van der Waals surface area (Å²) in [5.74, 6) is -0.0206. The molecule has 0 atom stereocenters. The predicted molar refractivity (Wildman–Crippen MR) is 85.1 cm³/mol. The molecule has 1 heterocycles. The van der Waals surface area contributed by atoms with Crippen LogP contribution >= 0.6 is 0 Å². The maximum atomic E-state index is 12.7. The molecular formula is C17H23N2O2+. The average molecular weight is 287 g/mol. The molecule has 0 saturated carbocycles. The number of H-pyrrole nitrogens is 1. The highest BCUT2D eigenvalue weighted by Gasteiger charge is 2.15. The van der Waals surface area contributed by atoms with Gasteiger partial charge in [0.15, 0.2) is 11.2 Å². The average Bonchev–Trinajstić information content (AvgIpc) is 2.47. The second-order valence-electron chi connectivity index (χ2n) is 5.51. The van der Waals surface area contributed by atoms with Gasteiger partial charge in [-0.3, -0.25) is 9.59 Å². The first kappa shape index (κ1) is 15.4. The molecule has 0 spiro atoms. The van der Waals surface area contributed by atoms with E-state index < -0.39 is 0 Å². The van der Waals surface area contributed by atoms with Gasteiger partial charge in [-0.15, -0.1) is 0 Å². The Balaban J connectivity index is 2.61. The number of carbonyl (C=O) groups excluding carboxylic acids is 1. The summed E-state index contributed by atoms with van der Waals surface area (Å²) in [5.41, 5.74) is 3.16. The number of hydrogen-bond acceptors (Lipinski definition) is 2. The highest BCUT2D eigenvalue weighted by molar-refractivity contribution is 5.97. The Bertz CT molecular complexity index is 727. The van der Waals surface area contributed by atoms with Gasteiger partial charge in [-0.2, -0.15) is 0 Å². The molecular weight excluding hydrogens is 264 g/mol. The monoisotopic (exact) mass is 287 g/mol. The van der Waals surface area contributed by atoms with Crippen LogP contribution < -0.4 is 10.3 Å². The van der Waals surface area contributed by atoms with E-state index in [0.717, 1.165) is 29.9 Å². The first-order valence-corrected chi connectivity index (χ1v) is 7.47. The van der Waals surface area contributed by atoms with Gasteiger partial charge in [0, 0.05) is 22.2 Å². The van der Waals surface area contributed by atoms with Crippen LogP contribution in [0.2, 0.25) is 0 Å². The number of ketones is 1. The zero-order valence-electron chi connectivity index (χ0n) is 13.2. The Hall–Kier alpha value is -1.94. The molecule has 0 saturated heterocycles. The number of nitrogens with one attached hydrogen (secondary N) is 2. The summed E-state index contributed by atoms with van der Waals surface area (Å²) >= 11 is 0. The fourth-order valence-electron chi connectivity index (χ4n) is 2.63. The van der Waals surface area contributed by atoms with Gasteiger partial charge in [0.1, 0.15) is 6.54 Å². The van der Waals surface area contributed by atoms with Crippen LogP contribution in [0.4, 0.5) is 0 Å². The minimum Gasteiger partial charge on any atom is -0.358 e. The molecule has 2 aromatic rings. The van der Waals surface area contributed by atoms with Crippen LogP contribution in [0.5, 0.6) is 0 Å². The number of aromatic amines is 1. The molecule has 2 N–H and O–H groups in total. The van der Waals surface area contributed by atoms with Crippen LogP contribution in [0.15, 0.2) is 23.0 Å². The van der Waals surface area contributed by atoms with Crippen molar-refractivity contribution in [2.24, 2.45) is 0 Å². The van der Waals surface area contributed by atoms with Crippen molar-refractivity contribution < 1.29 is 9.69 Å². The van der Waals surface area contributed by atoms with Gasteiger partial charge in [0.2, 0.25) is 0 Å². The third-order valence-electron chi connectivity index (χ3n) is 4.15. The molecule has 0 unspecified atom stereocenters. The van der Waals surface area contributed by atoms with E-state index in [9.17, 15) is 9.59 Å². The standard InChI is InChI=1S/C17H22N2O2/c1-5-19(6-2)10-15-11(3)18-16-8-7-13(12(4)20)9-14(16)17(15)21/h7-9H,5-6,10H2,1-4H3,(H,18,21)/p+1. The van der Waals surface area contributed by atoms with Crippen molar-refractivity contribution in [1.29, 1.82) is 0 Å². The van der Waals surface area contributed by atoms with Crippen molar-refractivity contribution >= 4 is 16.7 Å². The molecule has 112 valence electrons. The molecule has 0 amide bonds. The number of aryl methyl sites for hydroxylation is 1. The van der Waals surface area contributed by atoms with Crippen LogP contribution in [0, 0.1) is 6.92 Å². The van der Waals surface area contributed by atoms with E-state index in [1.807, 2.05) is 13.0 Å². The minimum absolute atomic E-state index is 0.0206. The van der Waals surface area contributed by atoms with Gasteiger partial charge in [-0.25, -0.2) is 0 Å². The van der Waals surface area contributed by atoms with Gasteiger partial charge in [0.05, 0.1) is 18.7 Å². The molecule has 2 rings (SSSR count). The maximum absolute atomic E-state index is 12.7. The number of benzene rings is 1. The highest BCUT2D eigenvalue weighted by Crippen LogP contribution is 2.13. The summed E-state index contributed by atoms with van der Waals surface area (Å²) in [4.78, 5) is 28.9. The molecule has 0 aliphatic carbocycles. The summed E-state index contributed by atoms with van der Waals surface area (Å²) in [6.45, 7) is 10.4. The number of carbonyl (C=O) groups is 1. The summed E-state index contributed by atoms with van der Waals surface area (Å²) in [6.07, 6.45) is 0. The first-order valence-electron chi connectivity index (χ1n) is 7.47. The van der Waals surface area contributed by atoms with Gasteiger partial charge in [-0.05, 0) is 45.9 Å². The van der Waals surface area contributed by atoms with Crippen molar-refractivity contribution in [3.05, 3.63) is 45.2 Å². The lowest BCUT2D eigenvalue weighted by Gasteiger charge is -2.16. The summed E-state index contributed by atoms with van der Waals surface area (Å²) in [6, 6.07) is 5.28. The number of quaternary nitrogens is 1. The summed E-state index contributed by atoms with van der Waals surface area (Å²) in [7, 11) is 0. The molecule has 0 radical (unpaired) electrons. The molecule has 1 aromatic heterocycles. The Morgan fingerprint density at radius 1 is 1.24 bits per heavy atom. The van der Waals surface area contributed by atoms with Crippen molar-refractivity contribution in [3.63, 3.8) is 0 Å². The molecule has 4 heteroatoms. The van der Waals surface area contributed by atoms with E-state index in [2.05, 4.69) is 18.8 Å². The summed E-state index contributed by atoms with van der Waals surface area (Å²) in [5, 5.41) is 0.606. The predicted octanol–water partition coefficient (Wildman–Crippen LogP) is 1.46. The zero-order chi connectivity index (χ0) is 15.6. The number of rotatable bonds is 5. The van der Waals surface area contributed by atoms with Crippen LogP contribution in [0.1, 0.15) is 42.4 Å². The summed E-state index contributed by atoms with van der Waals surface area (Å²) < 4.78 is 0. The Labute approximate surface area is 124 Å². The number of Topliss-reactive ketones (excluding diaryl/α,β-unsaturated/α-hetero) is 1.